The molecule has 2 saturated heterocycles. The summed E-state index contributed by atoms with van der Waals surface area (Å²) in [6, 6.07) is 10.4. The van der Waals surface area contributed by atoms with E-state index in [4.69, 9.17) is 0 Å². The molecule has 2 atom stereocenters. The molecule has 4 heteroatoms. The molecule has 2 unspecified atom stereocenters. The maximum absolute atomic E-state index is 11.9. The van der Waals surface area contributed by atoms with Gasteiger partial charge < -0.3 is 15.5 Å². The predicted octanol–water partition coefficient (Wildman–Crippen LogP) is 1.36. The molecule has 0 bridgehead atoms. The lowest BCUT2D eigenvalue weighted by Gasteiger charge is -2.18. The highest BCUT2D eigenvalue weighted by atomic mass is 16.2. The van der Waals surface area contributed by atoms with Crippen LogP contribution in [-0.4, -0.2) is 37.1 Å². The summed E-state index contributed by atoms with van der Waals surface area (Å²) in [5, 5.41) is 6.41. The van der Waals surface area contributed by atoms with Crippen LogP contribution in [0.15, 0.2) is 30.3 Å². The molecule has 96 valence electrons. The fourth-order valence-electron chi connectivity index (χ4n) is 2.80. The van der Waals surface area contributed by atoms with E-state index in [1.54, 1.807) is 0 Å². The Morgan fingerprint density at radius 2 is 2.11 bits per heavy atom. The lowest BCUT2D eigenvalue weighted by Crippen LogP contribution is -2.33. The van der Waals surface area contributed by atoms with E-state index < -0.39 is 0 Å². The zero-order chi connectivity index (χ0) is 12.4. The third-order valence-electron chi connectivity index (χ3n) is 3.83. The lowest BCUT2D eigenvalue weighted by molar-refractivity contribution is 0.210. The Bertz CT molecular complexity index is 414. The smallest absolute Gasteiger partial charge is 0.318 e. The van der Waals surface area contributed by atoms with Crippen LogP contribution < -0.4 is 10.6 Å². The highest BCUT2D eigenvalue weighted by molar-refractivity contribution is 5.77. The molecule has 2 aliphatic rings. The number of rotatable bonds is 3. The van der Waals surface area contributed by atoms with Gasteiger partial charge in [0.1, 0.15) is 0 Å². The highest BCUT2D eigenvalue weighted by Gasteiger charge is 2.31. The van der Waals surface area contributed by atoms with Crippen molar-refractivity contribution in [2.45, 2.75) is 12.5 Å². The Morgan fingerprint density at radius 1 is 1.28 bits per heavy atom. The third-order valence-corrected chi connectivity index (χ3v) is 3.83. The zero-order valence-electron chi connectivity index (χ0n) is 10.4. The van der Waals surface area contributed by atoms with Crippen molar-refractivity contribution in [3.05, 3.63) is 35.9 Å². The molecule has 0 radical (unpaired) electrons. The van der Waals surface area contributed by atoms with Gasteiger partial charge >= 0.3 is 6.03 Å². The van der Waals surface area contributed by atoms with E-state index in [2.05, 4.69) is 22.8 Å². The van der Waals surface area contributed by atoms with Crippen LogP contribution in [0.4, 0.5) is 4.79 Å². The maximum atomic E-state index is 11.9. The van der Waals surface area contributed by atoms with Gasteiger partial charge in [-0.1, -0.05) is 30.3 Å². The largest absolute Gasteiger partial charge is 0.329 e. The summed E-state index contributed by atoms with van der Waals surface area (Å²) in [5.41, 5.74) is 1.19. The van der Waals surface area contributed by atoms with Crippen LogP contribution in [0.3, 0.4) is 0 Å². The molecule has 0 spiro atoms. The van der Waals surface area contributed by atoms with Crippen molar-refractivity contribution in [2.24, 2.45) is 5.92 Å². The highest BCUT2D eigenvalue weighted by Crippen LogP contribution is 2.21. The first-order valence-corrected chi connectivity index (χ1v) is 6.64. The van der Waals surface area contributed by atoms with E-state index in [0.717, 1.165) is 26.2 Å². The van der Waals surface area contributed by atoms with E-state index in [-0.39, 0.29) is 12.1 Å². The van der Waals surface area contributed by atoms with E-state index in [1.165, 1.54) is 12.0 Å². The molecule has 4 nitrogen and oxygen atoms in total. The van der Waals surface area contributed by atoms with Crippen LogP contribution in [0.5, 0.6) is 0 Å². The minimum Gasteiger partial charge on any atom is -0.329 e. The molecule has 1 aromatic carbocycles. The van der Waals surface area contributed by atoms with Gasteiger partial charge in [0, 0.05) is 13.1 Å². The second-order valence-electron chi connectivity index (χ2n) is 5.18. The molecular weight excluding hydrogens is 226 g/mol. The van der Waals surface area contributed by atoms with Crippen LogP contribution in [0.1, 0.15) is 18.0 Å². The summed E-state index contributed by atoms with van der Waals surface area (Å²) in [6.07, 6.45) is 1.18. The fourth-order valence-corrected chi connectivity index (χ4v) is 2.80. The maximum Gasteiger partial charge on any atom is 0.318 e. The van der Waals surface area contributed by atoms with Gasteiger partial charge in [0.25, 0.3) is 0 Å². The van der Waals surface area contributed by atoms with E-state index in [1.807, 2.05) is 23.1 Å². The number of amides is 2. The third kappa shape index (κ3) is 2.34. The summed E-state index contributed by atoms with van der Waals surface area (Å²) in [5.74, 6) is 0.616. The first kappa shape index (κ1) is 11.5. The number of hydrogen-bond acceptors (Lipinski definition) is 2. The van der Waals surface area contributed by atoms with E-state index in [9.17, 15) is 4.79 Å². The molecule has 18 heavy (non-hydrogen) atoms. The normalized spacial score (nSPS) is 27.6. The minimum atomic E-state index is 0.0794. The fraction of sp³-hybridized carbons (Fsp3) is 0.500. The van der Waals surface area contributed by atoms with Crippen LogP contribution in [0.25, 0.3) is 0 Å². The molecule has 3 rings (SSSR count). The predicted molar refractivity (Wildman–Crippen MR) is 70.3 cm³/mol. The molecule has 0 aliphatic carbocycles. The molecule has 2 N–H and O–H groups in total. The van der Waals surface area contributed by atoms with Crippen molar-refractivity contribution in [2.75, 3.05) is 26.2 Å². The number of carbonyl (C=O) groups excluding carboxylic acids is 1. The summed E-state index contributed by atoms with van der Waals surface area (Å²) in [4.78, 5) is 13.9. The average molecular weight is 245 g/mol. The summed E-state index contributed by atoms with van der Waals surface area (Å²) in [6.45, 7) is 3.80. The number of urea groups is 1. The number of carbonyl (C=O) groups is 1. The van der Waals surface area contributed by atoms with Gasteiger partial charge in [-0.3, -0.25) is 0 Å². The number of nitrogens with one attached hydrogen (secondary N) is 2. The zero-order valence-corrected chi connectivity index (χ0v) is 10.4. The molecular formula is C14H19N3O. The van der Waals surface area contributed by atoms with E-state index in [0.29, 0.717) is 5.92 Å². The van der Waals surface area contributed by atoms with Gasteiger partial charge in [0.05, 0.1) is 6.04 Å². The van der Waals surface area contributed by atoms with Crippen molar-refractivity contribution in [1.82, 2.24) is 15.5 Å². The van der Waals surface area contributed by atoms with Gasteiger partial charge in [-0.05, 0) is 31.0 Å². The van der Waals surface area contributed by atoms with Crippen molar-refractivity contribution < 1.29 is 4.79 Å². The Hall–Kier alpha value is -1.55. The molecule has 2 heterocycles. The molecule has 0 saturated carbocycles. The van der Waals surface area contributed by atoms with Gasteiger partial charge in [0.15, 0.2) is 0 Å². The molecule has 2 aliphatic heterocycles. The van der Waals surface area contributed by atoms with E-state index >= 15 is 0 Å². The van der Waals surface area contributed by atoms with Crippen LogP contribution in [-0.2, 0) is 0 Å². The van der Waals surface area contributed by atoms with Crippen LogP contribution in [0.2, 0.25) is 0 Å². The van der Waals surface area contributed by atoms with Gasteiger partial charge in [-0.25, -0.2) is 4.79 Å². The quantitative estimate of drug-likeness (QED) is 0.844. The Morgan fingerprint density at radius 3 is 2.83 bits per heavy atom. The van der Waals surface area contributed by atoms with Gasteiger partial charge in [-0.15, -0.1) is 0 Å². The number of nitrogens with zero attached hydrogens (tertiary/aromatic N) is 1. The second kappa shape index (κ2) is 4.98. The Balaban J connectivity index is 1.63. The minimum absolute atomic E-state index is 0.0794. The Kier molecular flexibility index (Phi) is 3.19. The van der Waals surface area contributed by atoms with Crippen molar-refractivity contribution in [1.29, 1.82) is 0 Å². The SMILES string of the molecule is O=C1NC(c2ccccc2)CN1CC1CCNC1. The summed E-state index contributed by atoms with van der Waals surface area (Å²) in [7, 11) is 0. The number of benzene rings is 1. The molecule has 2 amide bonds. The van der Waals surface area contributed by atoms with Crippen LogP contribution >= 0.6 is 0 Å². The number of hydrogen-bond donors (Lipinski definition) is 2. The van der Waals surface area contributed by atoms with Gasteiger partial charge in [-0.2, -0.15) is 0 Å². The first-order chi connectivity index (χ1) is 8.83. The standard InChI is InChI=1S/C14H19N3O/c18-14-16-13(12-4-2-1-3-5-12)10-17(14)9-11-6-7-15-8-11/h1-5,11,13,15H,6-10H2,(H,16,18). The summed E-state index contributed by atoms with van der Waals surface area (Å²) >= 11 is 0. The van der Waals surface area contributed by atoms with Gasteiger partial charge in [0.2, 0.25) is 0 Å². The topological polar surface area (TPSA) is 44.4 Å². The molecule has 0 aromatic heterocycles. The first-order valence-electron chi connectivity index (χ1n) is 6.64. The lowest BCUT2D eigenvalue weighted by atomic mass is 10.1. The van der Waals surface area contributed by atoms with Crippen molar-refractivity contribution in [3.8, 4) is 0 Å². The summed E-state index contributed by atoms with van der Waals surface area (Å²) < 4.78 is 0. The molecule has 2 fully saturated rings. The second-order valence-corrected chi connectivity index (χ2v) is 5.18. The molecule has 1 aromatic rings. The van der Waals surface area contributed by atoms with Crippen LogP contribution in [0, 0.1) is 5.92 Å². The monoisotopic (exact) mass is 245 g/mol. The average Bonchev–Trinajstić information content (AvgIpc) is 3.02. The van der Waals surface area contributed by atoms with Crippen molar-refractivity contribution >= 4 is 6.03 Å². The van der Waals surface area contributed by atoms with Crippen molar-refractivity contribution in [3.63, 3.8) is 0 Å². The Labute approximate surface area is 107 Å².